The maximum absolute atomic E-state index is 12.7. The summed E-state index contributed by atoms with van der Waals surface area (Å²) in [6, 6.07) is 7.55. The van der Waals surface area contributed by atoms with Crippen LogP contribution in [0.5, 0.6) is 5.75 Å². The summed E-state index contributed by atoms with van der Waals surface area (Å²) in [5.74, 6) is -0.0989. The fourth-order valence-corrected chi connectivity index (χ4v) is 3.66. The van der Waals surface area contributed by atoms with Crippen LogP contribution in [0.25, 0.3) is 11.3 Å². The van der Waals surface area contributed by atoms with Crippen LogP contribution in [0, 0.1) is 13.8 Å². The van der Waals surface area contributed by atoms with Gasteiger partial charge in [0.15, 0.2) is 5.13 Å². The Bertz CT molecular complexity index is 1020. The minimum Gasteiger partial charge on any atom is -0.496 e. The van der Waals surface area contributed by atoms with Gasteiger partial charge in [0, 0.05) is 16.6 Å². The van der Waals surface area contributed by atoms with Crippen molar-refractivity contribution in [1.29, 1.82) is 0 Å². The second-order valence-electron chi connectivity index (χ2n) is 6.04. The highest BCUT2D eigenvalue weighted by molar-refractivity contribution is 7.14. The third-order valence-corrected chi connectivity index (χ3v) is 5.01. The molecule has 2 N–H and O–H groups in total. The van der Waals surface area contributed by atoms with E-state index in [1.165, 1.54) is 11.3 Å². The third-order valence-electron chi connectivity index (χ3n) is 4.25. The lowest BCUT2D eigenvalue weighted by molar-refractivity contribution is 0.0525. The molecular formula is C20H21N3O4S. The van der Waals surface area contributed by atoms with Gasteiger partial charge in [0.1, 0.15) is 11.4 Å². The van der Waals surface area contributed by atoms with Crippen LogP contribution >= 0.6 is 11.3 Å². The number of aryl methyl sites for hydroxylation is 1. The van der Waals surface area contributed by atoms with Crippen LogP contribution < -0.4 is 10.1 Å². The van der Waals surface area contributed by atoms with Crippen LogP contribution in [0.1, 0.15) is 39.0 Å². The minimum atomic E-state index is -0.444. The number of anilines is 1. The zero-order chi connectivity index (χ0) is 20.3. The second-order valence-corrected chi connectivity index (χ2v) is 6.90. The summed E-state index contributed by atoms with van der Waals surface area (Å²) in [4.78, 5) is 32.3. The molecule has 146 valence electrons. The molecule has 0 saturated heterocycles. The molecule has 8 heteroatoms. The average molecular weight is 399 g/mol. The number of carbonyl (C=O) groups is 2. The van der Waals surface area contributed by atoms with Gasteiger partial charge in [-0.05, 0) is 38.5 Å². The highest BCUT2D eigenvalue weighted by Crippen LogP contribution is 2.32. The molecule has 1 aromatic carbocycles. The molecule has 0 bridgehead atoms. The van der Waals surface area contributed by atoms with Crippen LogP contribution in [0.15, 0.2) is 29.6 Å². The quantitative estimate of drug-likeness (QED) is 0.606. The SMILES string of the molecule is CCOC(=O)c1c(C)[nH]c(C(=O)Nc2nc(-c3ccccc3OC)cs2)c1C. The topological polar surface area (TPSA) is 93.3 Å². The number of aromatic amines is 1. The van der Waals surface area contributed by atoms with Crippen molar-refractivity contribution in [1.82, 2.24) is 9.97 Å². The fourth-order valence-electron chi connectivity index (χ4n) is 2.96. The Balaban J connectivity index is 1.82. The normalized spacial score (nSPS) is 10.6. The van der Waals surface area contributed by atoms with E-state index in [1.54, 1.807) is 27.9 Å². The summed E-state index contributed by atoms with van der Waals surface area (Å²) in [6.07, 6.45) is 0. The molecule has 0 radical (unpaired) electrons. The Hall–Kier alpha value is -3.13. The average Bonchev–Trinajstić information content (AvgIpc) is 3.25. The molecule has 1 amide bonds. The lowest BCUT2D eigenvalue weighted by Crippen LogP contribution is -2.14. The summed E-state index contributed by atoms with van der Waals surface area (Å²) in [6.45, 7) is 5.46. The van der Waals surface area contributed by atoms with E-state index in [2.05, 4.69) is 15.3 Å². The van der Waals surface area contributed by atoms with E-state index in [1.807, 2.05) is 29.6 Å². The van der Waals surface area contributed by atoms with Crippen molar-refractivity contribution in [3.63, 3.8) is 0 Å². The first-order valence-electron chi connectivity index (χ1n) is 8.72. The Kier molecular flexibility index (Phi) is 5.79. The Morgan fingerprint density at radius 2 is 2.00 bits per heavy atom. The van der Waals surface area contributed by atoms with Gasteiger partial charge in [0.2, 0.25) is 0 Å². The van der Waals surface area contributed by atoms with Crippen molar-refractivity contribution in [3.8, 4) is 17.0 Å². The molecule has 0 fully saturated rings. The number of esters is 1. The summed E-state index contributed by atoms with van der Waals surface area (Å²) in [7, 11) is 1.60. The summed E-state index contributed by atoms with van der Waals surface area (Å²) in [5, 5.41) is 5.09. The largest absolute Gasteiger partial charge is 0.496 e. The molecule has 2 aromatic heterocycles. The predicted molar refractivity (Wildman–Crippen MR) is 108 cm³/mol. The maximum Gasteiger partial charge on any atom is 0.340 e. The molecule has 0 atom stereocenters. The number of para-hydroxylation sites is 1. The van der Waals surface area contributed by atoms with Gasteiger partial charge >= 0.3 is 5.97 Å². The molecule has 0 aliphatic heterocycles. The molecule has 0 spiro atoms. The van der Waals surface area contributed by atoms with Crippen LogP contribution in [0.4, 0.5) is 5.13 Å². The molecular weight excluding hydrogens is 378 g/mol. The standard InChI is InChI=1S/C20H21N3O4S/c1-5-27-19(25)16-11(2)17(21-12(16)3)18(24)23-20-22-14(10-28-20)13-8-6-7-9-15(13)26-4/h6-10,21H,5H2,1-4H3,(H,22,23,24). The Labute approximate surface area is 166 Å². The van der Waals surface area contributed by atoms with Gasteiger partial charge in [-0.3, -0.25) is 10.1 Å². The van der Waals surface area contributed by atoms with Crippen molar-refractivity contribution in [2.45, 2.75) is 20.8 Å². The number of methoxy groups -OCH3 is 1. The second kappa shape index (κ2) is 8.26. The smallest absolute Gasteiger partial charge is 0.340 e. The van der Waals surface area contributed by atoms with Crippen LogP contribution in [-0.4, -0.2) is 35.6 Å². The lowest BCUT2D eigenvalue weighted by atomic mass is 10.1. The van der Waals surface area contributed by atoms with Crippen LogP contribution in [-0.2, 0) is 4.74 Å². The molecule has 0 saturated carbocycles. The number of ether oxygens (including phenoxy) is 2. The minimum absolute atomic E-state index is 0.273. The molecule has 0 aliphatic carbocycles. The number of benzene rings is 1. The number of hydrogen-bond donors (Lipinski definition) is 2. The van der Waals surface area contributed by atoms with Gasteiger partial charge < -0.3 is 14.5 Å². The molecule has 3 rings (SSSR count). The van der Waals surface area contributed by atoms with E-state index in [0.717, 1.165) is 5.56 Å². The van der Waals surface area contributed by atoms with Crippen molar-refractivity contribution in [2.24, 2.45) is 0 Å². The zero-order valence-electron chi connectivity index (χ0n) is 16.1. The molecule has 3 aromatic rings. The summed E-state index contributed by atoms with van der Waals surface area (Å²) in [5.41, 5.74) is 3.41. The van der Waals surface area contributed by atoms with Crippen molar-refractivity contribution >= 4 is 28.3 Å². The number of nitrogens with one attached hydrogen (secondary N) is 2. The number of hydrogen-bond acceptors (Lipinski definition) is 6. The number of aromatic nitrogens is 2. The van der Waals surface area contributed by atoms with Gasteiger partial charge in [0.25, 0.3) is 5.91 Å². The first-order chi connectivity index (χ1) is 13.5. The van der Waals surface area contributed by atoms with Crippen molar-refractivity contribution in [3.05, 3.63) is 52.2 Å². The van der Waals surface area contributed by atoms with E-state index >= 15 is 0 Å². The number of thiazole rings is 1. The highest BCUT2D eigenvalue weighted by atomic mass is 32.1. The van der Waals surface area contributed by atoms with Gasteiger partial charge in [-0.25, -0.2) is 9.78 Å². The maximum atomic E-state index is 12.7. The summed E-state index contributed by atoms with van der Waals surface area (Å²) >= 11 is 1.31. The van der Waals surface area contributed by atoms with Gasteiger partial charge in [-0.15, -0.1) is 11.3 Å². The zero-order valence-corrected chi connectivity index (χ0v) is 16.9. The van der Waals surface area contributed by atoms with E-state index < -0.39 is 5.97 Å². The van der Waals surface area contributed by atoms with Crippen molar-refractivity contribution in [2.75, 3.05) is 19.0 Å². The van der Waals surface area contributed by atoms with Gasteiger partial charge in [-0.1, -0.05) is 12.1 Å². The monoisotopic (exact) mass is 399 g/mol. The number of nitrogens with zero attached hydrogens (tertiary/aromatic N) is 1. The predicted octanol–water partition coefficient (Wildman–Crippen LogP) is 4.19. The molecule has 0 unspecified atom stereocenters. The molecule has 7 nitrogen and oxygen atoms in total. The first-order valence-corrected chi connectivity index (χ1v) is 9.60. The van der Waals surface area contributed by atoms with E-state index in [-0.39, 0.29) is 12.5 Å². The van der Waals surface area contributed by atoms with Gasteiger partial charge in [-0.2, -0.15) is 0 Å². The first kappa shape index (κ1) is 19.6. The molecule has 2 heterocycles. The van der Waals surface area contributed by atoms with E-state index in [4.69, 9.17) is 9.47 Å². The Morgan fingerprint density at radius 1 is 1.25 bits per heavy atom. The third kappa shape index (κ3) is 3.77. The number of carbonyl (C=O) groups excluding carboxylic acids is 2. The number of H-pyrrole nitrogens is 1. The summed E-state index contributed by atoms with van der Waals surface area (Å²) < 4.78 is 10.4. The molecule has 0 aliphatic rings. The highest BCUT2D eigenvalue weighted by Gasteiger charge is 2.23. The van der Waals surface area contributed by atoms with E-state index in [0.29, 0.717) is 39.1 Å². The number of amides is 1. The lowest BCUT2D eigenvalue weighted by Gasteiger charge is -2.05. The van der Waals surface area contributed by atoms with Crippen LogP contribution in [0.3, 0.4) is 0 Å². The van der Waals surface area contributed by atoms with E-state index in [9.17, 15) is 9.59 Å². The number of rotatable bonds is 6. The van der Waals surface area contributed by atoms with Crippen LogP contribution in [0.2, 0.25) is 0 Å². The Morgan fingerprint density at radius 3 is 2.71 bits per heavy atom. The molecule has 28 heavy (non-hydrogen) atoms. The fraction of sp³-hybridized carbons (Fsp3) is 0.250. The van der Waals surface area contributed by atoms with Gasteiger partial charge in [0.05, 0.1) is 25.0 Å². The van der Waals surface area contributed by atoms with Crippen molar-refractivity contribution < 1.29 is 19.1 Å².